The molecule has 0 bridgehead atoms. The summed E-state index contributed by atoms with van der Waals surface area (Å²) in [4.78, 5) is 22.5. The number of aromatic nitrogens is 2. The standard InChI is InChI=1S/C12H7FN4O2/c13-8-5-7(6-14)1-2-9(8)15-12(19)10-3-4-11(18)17-16-10/h1-5H,(H,15,19)(H,17,18). The number of anilines is 1. The number of rotatable bonds is 2. The molecule has 2 aromatic rings. The molecule has 0 radical (unpaired) electrons. The fourth-order valence-electron chi connectivity index (χ4n) is 1.34. The molecule has 0 fully saturated rings. The monoisotopic (exact) mass is 258 g/mol. The van der Waals surface area contributed by atoms with Crippen molar-refractivity contribution < 1.29 is 9.18 Å². The summed E-state index contributed by atoms with van der Waals surface area (Å²) in [6, 6.07) is 7.79. The third-order valence-electron chi connectivity index (χ3n) is 2.26. The van der Waals surface area contributed by atoms with Crippen molar-refractivity contribution in [3.05, 3.63) is 57.8 Å². The summed E-state index contributed by atoms with van der Waals surface area (Å²) in [7, 11) is 0. The molecule has 2 rings (SSSR count). The molecule has 19 heavy (non-hydrogen) atoms. The predicted octanol–water partition coefficient (Wildman–Crippen LogP) is 1.03. The smallest absolute Gasteiger partial charge is 0.276 e. The van der Waals surface area contributed by atoms with Gasteiger partial charge in [0.15, 0.2) is 0 Å². The van der Waals surface area contributed by atoms with Gasteiger partial charge in [-0.2, -0.15) is 10.4 Å². The molecule has 0 atom stereocenters. The van der Waals surface area contributed by atoms with Crippen molar-refractivity contribution in [1.29, 1.82) is 5.26 Å². The lowest BCUT2D eigenvalue weighted by molar-refractivity contribution is 0.102. The van der Waals surface area contributed by atoms with Gasteiger partial charge in [-0.1, -0.05) is 0 Å². The van der Waals surface area contributed by atoms with Gasteiger partial charge in [0.1, 0.15) is 11.5 Å². The van der Waals surface area contributed by atoms with E-state index >= 15 is 0 Å². The van der Waals surface area contributed by atoms with Gasteiger partial charge >= 0.3 is 0 Å². The Balaban J connectivity index is 2.22. The van der Waals surface area contributed by atoms with Crippen molar-refractivity contribution in [3.63, 3.8) is 0 Å². The molecule has 6 nitrogen and oxygen atoms in total. The molecule has 7 heteroatoms. The molecule has 1 amide bonds. The molecule has 0 spiro atoms. The summed E-state index contributed by atoms with van der Waals surface area (Å²) < 4.78 is 13.5. The Morgan fingerprint density at radius 1 is 1.37 bits per heavy atom. The Morgan fingerprint density at radius 2 is 2.16 bits per heavy atom. The van der Waals surface area contributed by atoms with Crippen LogP contribution in [0.3, 0.4) is 0 Å². The van der Waals surface area contributed by atoms with Gasteiger partial charge in [0, 0.05) is 6.07 Å². The number of nitriles is 1. The van der Waals surface area contributed by atoms with E-state index in [0.717, 1.165) is 12.1 Å². The molecular weight excluding hydrogens is 251 g/mol. The zero-order valence-electron chi connectivity index (χ0n) is 9.48. The molecule has 0 aliphatic heterocycles. The van der Waals surface area contributed by atoms with Gasteiger partial charge in [-0.3, -0.25) is 9.59 Å². The Morgan fingerprint density at radius 3 is 2.74 bits per heavy atom. The highest BCUT2D eigenvalue weighted by Crippen LogP contribution is 2.15. The summed E-state index contributed by atoms with van der Waals surface area (Å²) in [5.41, 5.74) is -0.417. The van der Waals surface area contributed by atoms with Crippen LogP contribution in [0.1, 0.15) is 16.1 Å². The number of benzene rings is 1. The molecule has 1 aromatic heterocycles. The van der Waals surface area contributed by atoms with Crippen LogP contribution < -0.4 is 10.9 Å². The molecule has 0 aliphatic carbocycles. The highest BCUT2D eigenvalue weighted by Gasteiger charge is 2.11. The molecule has 2 N–H and O–H groups in total. The summed E-state index contributed by atoms with van der Waals surface area (Å²) in [6.07, 6.45) is 0. The first-order chi connectivity index (χ1) is 9.10. The number of H-pyrrole nitrogens is 1. The van der Waals surface area contributed by atoms with Crippen LogP contribution >= 0.6 is 0 Å². The third kappa shape index (κ3) is 2.81. The number of halogens is 1. The van der Waals surface area contributed by atoms with E-state index in [2.05, 4.69) is 15.5 Å². The first-order valence-electron chi connectivity index (χ1n) is 5.17. The van der Waals surface area contributed by atoms with E-state index in [1.807, 2.05) is 0 Å². The number of carbonyl (C=O) groups is 1. The van der Waals surface area contributed by atoms with Gasteiger partial charge in [-0.25, -0.2) is 9.49 Å². The zero-order valence-corrected chi connectivity index (χ0v) is 9.48. The number of carbonyl (C=O) groups excluding carboxylic acids is 1. The van der Waals surface area contributed by atoms with Gasteiger partial charge in [0.05, 0.1) is 17.3 Å². The summed E-state index contributed by atoms with van der Waals surface area (Å²) >= 11 is 0. The van der Waals surface area contributed by atoms with Gasteiger partial charge in [0.25, 0.3) is 11.5 Å². The molecule has 94 valence electrons. The van der Waals surface area contributed by atoms with Gasteiger partial charge in [-0.15, -0.1) is 0 Å². The van der Waals surface area contributed by atoms with Gasteiger partial charge in [-0.05, 0) is 24.3 Å². The second-order valence-corrected chi connectivity index (χ2v) is 3.57. The zero-order chi connectivity index (χ0) is 13.8. The molecule has 0 aliphatic rings. The van der Waals surface area contributed by atoms with E-state index in [-0.39, 0.29) is 16.9 Å². The van der Waals surface area contributed by atoms with Gasteiger partial charge < -0.3 is 5.32 Å². The average molecular weight is 258 g/mol. The SMILES string of the molecule is N#Cc1ccc(NC(=O)c2ccc(=O)[nH]n2)c(F)c1. The highest BCUT2D eigenvalue weighted by atomic mass is 19.1. The van der Waals surface area contributed by atoms with Crippen molar-refractivity contribution in [2.45, 2.75) is 0 Å². The van der Waals surface area contributed by atoms with Crippen LogP contribution in [0, 0.1) is 17.1 Å². The van der Waals surface area contributed by atoms with Crippen LogP contribution in [0.2, 0.25) is 0 Å². The number of nitrogens with one attached hydrogen (secondary N) is 2. The second-order valence-electron chi connectivity index (χ2n) is 3.57. The first-order valence-corrected chi connectivity index (χ1v) is 5.17. The summed E-state index contributed by atoms with van der Waals surface area (Å²) in [5, 5.41) is 16.5. The number of nitrogens with zero attached hydrogens (tertiary/aromatic N) is 2. The maximum atomic E-state index is 13.5. The Labute approximate surface area is 106 Å². The minimum absolute atomic E-state index is 0.0524. The number of aromatic amines is 1. The van der Waals surface area contributed by atoms with Crippen molar-refractivity contribution >= 4 is 11.6 Å². The van der Waals surface area contributed by atoms with Crippen molar-refractivity contribution in [3.8, 4) is 6.07 Å². The van der Waals surface area contributed by atoms with E-state index in [1.54, 1.807) is 6.07 Å². The maximum absolute atomic E-state index is 13.5. The van der Waals surface area contributed by atoms with E-state index < -0.39 is 17.3 Å². The lowest BCUT2D eigenvalue weighted by atomic mass is 10.2. The molecular formula is C12H7FN4O2. The van der Waals surface area contributed by atoms with Gasteiger partial charge in [0.2, 0.25) is 0 Å². The van der Waals surface area contributed by atoms with Crippen LogP contribution in [0.5, 0.6) is 0 Å². The largest absolute Gasteiger partial charge is 0.318 e. The Hall–Kier alpha value is -3.01. The number of hydrogen-bond acceptors (Lipinski definition) is 4. The molecule has 0 saturated carbocycles. The Bertz CT molecular complexity index is 713. The predicted molar refractivity (Wildman–Crippen MR) is 63.9 cm³/mol. The van der Waals surface area contributed by atoms with E-state index in [9.17, 15) is 14.0 Å². The number of amides is 1. The average Bonchev–Trinajstić information content (AvgIpc) is 2.41. The topological polar surface area (TPSA) is 98.6 Å². The third-order valence-corrected chi connectivity index (χ3v) is 2.26. The van der Waals surface area contributed by atoms with E-state index in [4.69, 9.17) is 5.26 Å². The normalized spacial score (nSPS) is 9.68. The number of hydrogen-bond donors (Lipinski definition) is 2. The van der Waals surface area contributed by atoms with Crippen molar-refractivity contribution in [2.75, 3.05) is 5.32 Å². The van der Waals surface area contributed by atoms with Crippen molar-refractivity contribution in [2.24, 2.45) is 0 Å². The maximum Gasteiger partial charge on any atom is 0.276 e. The van der Waals surface area contributed by atoms with Crippen LogP contribution in [-0.4, -0.2) is 16.1 Å². The minimum atomic E-state index is -0.725. The molecule has 1 heterocycles. The van der Waals surface area contributed by atoms with E-state index in [1.165, 1.54) is 18.2 Å². The Kier molecular flexibility index (Phi) is 3.34. The summed E-state index contributed by atoms with van der Waals surface area (Å²) in [6.45, 7) is 0. The minimum Gasteiger partial charge on any atom is -0.318 e. The fourth-order valence-corrected chi connectivity index (χ4v) is 1.34. The molecule has 1 aromatic carbocycles. The fraction of sp³-hybridized carbons (Fsp3) is 0. The lowest BCUT2D eigenvalue weighted by Gasteiger charge is -2.05. The molecule has 0 unspecified atom stereocenters. The molecule has 0 saturated heterocycles. The van der Waals surface area contributed by atoms with E-state index in [0.29, 0.717) is 0 Å². The highest BCUT2D eigenvalue weighted by molar-refractivity contribution is 6.02. The first kappa shape index (κ1) is 12.4. The summed E-state index contributed by atoms with van der Waals surface area (Å²) in [5.74, 6) is -1.39. The lowest BCUT2D eigenvalue weighted by Crippen LogP contribution is -2.18. The van der Waals surface area contributed by atoms with Crippen LogP contribution in [0.15, 0.2) is 35.1 Å². The van der Waals surface area contributed by atoms with Crippen molar-refractivity contribution in [1.82, 2.24) is 10.2 Å². The second kappa shape index (κ2) is 5.10. The van der Waals surface area contributed by atoms with Crippen LogP contribution in [0.4, 0.5) is 10.1 Å². The van der Waals surface area contributed by atoms with Crippen LogP contribution in [-0.2, 0) is 0 Å². The quantitative estimate of drug-likeness (QED) is 0.840. The van der Waals surface area contributed by atoms with Crippen LogP contribution in [0.25, 0.3) is 0 Å².